The molecule has 0 aliphatic carbocycles. The molecule has 0 unspecified atom stereocenters. The van der Waals surface area contributed by atoms with Gasteiger partial charge in [0.2, 0.25) is 5.91 Å². The van der Waals surface area contributed by atoms with E-state index in [0.717, 1.165) is 12.2 Å². The van der Waals surface area contributed by atoms with E-state index in [4.69, 9.17) is 0 Å². The number of carbonyl (C=O) groups is 1. The Labute approximate surface area is 90.5 Å². The summed E-state index contributed by atoms with van der Waals surface area (Å²) in [5.74, 6) is 1.01. The van der Waals surface area contributed by atoms with Crippen molar-refractivity contribution < 1.29 is 4.79 Å². The van der Waals surface area contributed by atoms with E-state index in [0.29, 0.717) is 13.0 Å². The Balaban J connectivity index is 2.18. The third kappa shape index (κ3) is 5.20. The number of hydrogen-bond acceptors (Lipinski definition) is 2. The highest BCUT2D eigenvalue weighted by molar-refractivity contribution is 5.76. The van der Waals surface area contributed by atoms with Crippen molar-refractivity contribution in [2.24, 2.45) is 5.41 Å². The van der Waals surface area contributed by atoms with Gasteiger partial charge < -0.3 is 10.3 Å². The fourth-order valence-corrected chi connectivity index (χ4v) is 1.30. The van der Waals surface area contributed by atoms with Crippen LogP contribution in [0.2, 0.25) is 0 Å². The SMILES string of the molecule is CC(C)(C)CC(=O)NCCc1ncc[nH]1. The number of nitrogens with zero attached hydrogens (tertiary/aromatic N) is 1. The molecule has 0 aliphatic heterocycles. The molecule has 1 heterocycles. The fraction of sp³-hybridized carbons (Fsp3) is 0.636. The quantitative estimate of drug-likeness (QED) is 0.789. The van der Waals surface area contributed by atoms with Crippen molar-refractivity contribution in [2.75, 3.05) is 6.54 Å². The monoisotopic (exact) mass is 209 g/mol. The van der Waals surface area contributed by atoms with Gasteiger partial charge in [0.25, 0.3) is 0 Å². The topological polar surface area (TPSA) is 57.8 Å². The van der Waals surface area contributed by atoms with E-state index in [1.807, 2.05) is 0 Å². The zero-order valence-corrected chi connectivity index (χ0v) is 9.63. The third-order valence-corrected chi connectivity index (χ3v) is 1.93. The van der Waals surface area contributed by atoms with E-state index in [2.05, 4.69) is 36.1 Å². The number of aromatic nitrogens is 2. The lowest BCUT2D eigenvalue weighted by atomic mass is 9.92. The molecule has 1 amide bonds. The molecular weight excluding hydrogens is 190 g/mol. The van der Waals surface area contributed by atoms with Gasteiger partial charge in [-0.25, -0.2) is 4.98 Å². The number of nitrogens with one attached hydrogen (secondary N) is 2. The molecule has 4 nitrogen and oxygen atoms in total. The minimum atomic E-state index is 0.0504. The molecule has 0 saturated heterocycles. The first-order valence-corrected chi connectivity index (χ1v) is 5.22. The second kappa shape index (κ2) is 4.96. The summed E-state index contributed by atoms with van der Waals surface area (Å²) < 4.78 is 0. The maximum Gasteiger partial charge on any atom is 0.220 e. The first kappa shape index (κ1) is 11.8. The average molecular weight is 209 g/mol. The normalized spacial score (nSPS) is 11.4. The summed E-state index contributed by atoms with van der Waals surface area (Å²) >= 11 is 0. The Hall–Kier alpha value is -1.32. The minimum absolute atomic E-state index is 0.0504. The molecular formula is C11H19N3O. The standard InChI is InChI=1S/C11H19N3O/c1-11(2,3)8-10(15)14-5-4-9-12-6-7-13-9/h6-7H,4-5,8H2,1-3H3,(H,12,13)(H,14,15). The van der Waals surface area contributed by atoms with Crippen molar-refractivity contribution in [2.45, 2.75) is 33.6 Å². The molecule has 0 radical (unpaired) electrons. The van der Waals surface area contributed by atoms with Gasteiger partial charge in [0.05, 0.1) is 0 Å². The number of H-pyrrole nitrogens is 1. The summed E-state index contributed by atoms with van der Waals surface area (Å²) in [6.45, 7) is 6.81. The summed E-state index contributed by atoms with van der Waals surface area (Å²) in [6, 6.07) is 0. The van der Waals surface area contributed by atoms with E-state index in [1.165, 1.54) is 0 Å². The van der Waals surface area contributed by atoms with E-state index in [-0.39, 0.29) is 11.3 Å². The fourth-order valence-electron chi connectivity index (χ4n) is 1.30. The van der Waals surface area contributed by atoms with Gasteiger partial charge in [0.15, 0.2) is 0 Å². The molecule has 4 heteroatoms. The third-order valence-electron chi connectivity index (χ3n) is 1.93. The lowest BCUT2D eigenvalue weighted by Gasteiger charge is -2.16. The summed E-state index contributed by atoms with van der Waals surface area (Å²) in [4.78, 5) is 18.5. The molecule has 1 aromatic rings. The molecule has 0 spiro atoms. The number of hydrogen-bond donors (Lipinski definition) is 2. The molecule has 84 valence electrons. The molecule has 0 aromatic carbocycles. The van der Waals surface area contributed by atoms with E-state index < -0.39 is 0 Å². The van der Waals surface area contributed by atoms with Crippen molar-refractivity contribution in [1.29, 1.82) is 0 Å². The highest BCUT2D eigenvalue weighted by Gasteiger charge is 2.15. The van der Waals surface area contributed by atoms with Gasteiger partial charge in [-0.15, -0.1) is 0 Å². The van der Waals surface area contributed by atoms with Crippen molar-refractivity contribution in [3.05, 3.63) is 18.2 Å². The molecule has 0 saturated carbocycles. The Morgan fingerprint density at radius 3 is 2.80 bits per heavy atom. The van der Waals surface area contributed by atoms with Crippen LogP contribution in [0.3, 0.4) is 0 Å². The highest BCUT2D eigenvalue weighted by atomic mass is 16.1. The van der Waals surface area contributed by atoms with Crippen molar-refractivity contribution >= 4 is 5.91 Å². The first-order chi connectivity index (χ1) is 6.97. The lowest BCUT2D eigenvalue weighted by molar-refractivity contribution is -0.122. The second-order valence-corrected chi connectivity index (χ2v) is 4.87. The summed E-state index contributed by atoms with van der Waals surface area (Å²) in [5.41, 5.74) is 0.0504. The molecule has 0 fully saturated rings. The number of carbonyl (C=O) groups excluding carboxylic acids is 1. The summed E-state index contributed by atoms with van der Waals surface area (Å²) in [6.07, 6.45) is 4.81. The summed E-state index contributed by atoms with van der Waals surface area (Å²) in [5, 5.41) is 2.88. The molecule has 0 aliphatic rings. The predicted octanol–water partition coefficient (Wildman–Crippen LogP) is 1.50. The second-order valence-electron chi connectivity index (χ2n) is 4.87. The van der Waals surface area contributed by atoms with Crippen LogP contribution in [0.25, 0.3) is 0 Å². The van der Waals surface area contributed by atoms with Crippen LogP contribution in [0.15, 0.2) is 12.4 Å². The number of aromatic amines is 1. The molecule has 0 bridgehead atoms. The van der Waals surface area contributed by atoms with E-state index >= 15 is 0 Å². The van der Waals surface area contributed by atoms with E-state index in [9.17, 15) is 4.79 Å². The van der Waals surface area contributed by atoms with Gasteiger partial charge in [-0.05, 0) is 5.41 Å². The van der Waals surface area contributed by atoms with Crippen LogP contribution in [0.4, 0.5) is 0 Å². The molecule has 1 aromatic heterocycles. The number of imidazole rings is 1. The van der Waals surface area contributed by atoms with Crippen LogP contribution in [0, 0.1) is 5.41 Å². The zero-order valence-electron chi connectivity index (χ0n) is 9.63. The Morgan fingerprint density at radius 1 is 1.53 bits per heavy atom. The van der Waals surface area contributed by atoms with Crippen LogP contribution in [0.5, 0.6) is 0 Å². The molecule has 15 heavy (non-hydrogen) atoms. The zero-order chi connectivity index (χ0) is 11.3. The molecule has 0 atom stereocenters. The highest BCUT2D eigenvalue weighted by Crippen LogP contribution is 2.17. The van der Waals surface area contributed by atoms with Crippen LogP contribution in [-0.4, -0.2) is 22.4 Å². The van der Waals surface area contributed by atoms with Crippen molar-refractivity contribution in [3.63, 3.8) is 0 Å². The lowest BCUT2D eigenvalue weighted by Crippen LogP contribution is -2.29. The number of rotatable bonds is 4. The van der Waals surface area contributed by atoms with Gasteiger partial charge in [0.1, 0.15) is 5.82 Å². The van der Waals surface area contributed by atoms with Gasteiger partial charge in [-0.3, -0.25) is 4.79 Å². The van der Waals surface area contributed by atoms with Crippen LogP contribution in [-0.2, 0) is 11.2 Å². The summed E-state index contributed by atoms with van der Waals surface area (Å²) in [7, 11) is 0. The minimum Gasteiger partial charge on any atom is -0.356 e. The van der Waals surface area contributed by atoms with Gasteiger partial charge >= 0.3 is 0 Å². The van der Waals surface area contributed by atoms with E-state index in [1.54, 1.807) is 12.4 Å². The Bertz CT molecular complexity index is 298. The predicted molar refractivity (Wildman–Crippen MR) is 59.4 cm³/mol. The van der Waals surface area contributed by atoms with Crippen molar-refractivity contribution in [1.82, 2.24) is 15.3 Å². The first-order valence-electron chi connectivity index (χ1n) is 5.22. The number of amides is 1. The van der Waals surface area contributed by atoms with Gasteiger partial charge in [-0.1, -0.05) is 20.8 Å². The van der Waals surface area contributed by atoms with Crippen molar-refractivity contribution in [3.8, 4) is 0 Å². The Morgan fingerprint density at radius 2 is 2.27 bits per heavy atom. The van der Waals surface area contributed by atoms with Gasteiger partial charge in [-0.2, -0.15) is 0 Å². The molecule has 1 rings (SSSR count). The van der Waals surface area contributed by atoms with Crippen LogP contribution < -0.4 is 5.32 Å². The average Bonchev–Trinajstić information content (AvgIpc) is 2.53. The maximum absolute atomic E-state index is 11.4. The van der Waals surface area contributed by atoms with Crippen LogP contribution >= 0.6 is 0 Å². The van der Waals surface area contributed by atoms with Gasteiger partial charge in [0, 0.05) is 31.8 Å². The molecule has 2 N–H and O–H groups in total. The van der Waals surface area contributed by atoms with Crippen LogP contribution in [0.1, 0.15) is 33.0 Å². The Kier molecular flexibility index (Phi) is 3.88. The largest absolute Gasteiger partial charge is 0.356 e. The smallest absolute Gasteiger partial charge is 0.220 e. The maximum atomic E-state index is 11.4.